The van der Waals surface area contributed by atoms with Crippen LogP contribution in [0.2, 0.25) is 0 Å². The monoisotopic (exact) mass is 207 g/mol. The predicted molar refractivity (Wildman–Crippen MR) is 57.6 cm³/mol. The second-order valence-electron chi connectivity index (χ2n) is 2.70. The van der Waals surface area contributed by atoms with Gasteiger partial charge in [-0.25, -0.2) is 9.79 Å². The van der Waals surface area contributed by atoms with Crippen molar-refractivity contribution in [2.45, 2.75) is 6.92 Å². The molecule has 0 aliphatic rings. The highest BCUT2D eigenvalue weighted by Gasteiger charge is 2.09. The number of hydrogen-bond donors (Lipinski definition) is 0. The average Bonchev–Trinajstić information content (AvgIpc) is 2.29. The number of benzene rings is 1. The van der Waals surface area contributed by atoms with Gasteiger partial charge in [0.1, 0.15) is 0 Å². The fourth-order valence-corrected chi connectivity index (χ4v) is 1.04. The first-order valence-electron chi connectivity index (χ1n) is 4.61. The summed E-state index contributed by atoms with van der Waals surface area (Å²) in [6, 6.07) is 6.93. The van der Waals surface area contributed by atoms with Gasteiger partial charge in [-0.05, 0) is 19.1 Å². The van der Waals surface area contributed by atoms with Crippen LogP contribution in [0.4, 0.5) is 5.69 Å². The zero-order valence-corrected chi connectivity index (χ0v) is 8.77. The number of carbonyl (C=O) groups excluding carboxylic acids is 1. The average molecular weight is 207 g/mol. The summed E-state index contributed by atoms with van der Waals surface area (Å²) in [6.45, 7) is 2.40. The van der Waals surface area contributed by atoms with Gasteiger partial charge in [-0.3, -0.25) is 0 Å². The van der Waals surface area contributed by atoms with Crippen LogP contribution >= 0.6 is 0 Å². The summed E-state index contributed by atoms with van der Waals surface area (Å²) in [5, 5.41) is 0. The van der Waals surface area contributed by atoms with Gasteiger partial charge in [-0.15, -0.1) is 0 Å². The molecule has 80 valence electrons. The number of hydrogen-bond acceptors (Lipinski definition) is 4. The zero-order chi connectivity index (χ0) is 11.1. The summed E-state index contributed by atoms with van der Waals surface area (Å²) < 4.78 is 9.59. The molecule has 15 heavy (non-hydrogen) atoms. The third-order valence-electron chi connectivity index (χ3n) is 1.74. The molecule has 0 aromatic heterocycles. The number of rotatable bonds is 4. The van der Waals surface area contributed by atoms with Crippen molar-refractivity contribution in [2.75, 3.05) is 13.7 Å². The van der Waals surface area contributed by atoms with Crippen LogP contribution in [0.3, 0.4) is 0 Å². The summed E-state index contributed by atoms with van der Waals surface area (Å²) in [6.07, 6.45) is 1.32. The van der Waals surface area contributed by atoms with E-state index in [-0.39, 0.29) is 0 Å². The molecule has 0 unspecified atom stereocenters. The second-order valence-corrected chi connectivity index (χ2v) is 2.70. The molecule has 1 aromatic rings. The SMILES string of the molecule is CCOC=Nc1ccccc1C(=O)OC. The minimum atomic E-state index is -0.403. The van der Waals surface area contributed by atoms with Crippen LogP contribution in [0.1, 0.15) is 17.3 Å². The van der Waals surface area contributed by atoms with Crippen LogP contribution in [0, 0.1) is 0 Å². The maximum Gasteiger partial charge on any atom is 0.340 e. The summed E-state index contributed by atoms with van der Waals surface area (Å²) in [4.78, 5) is 15.3. The Morgan fingerprint density at radius 3 is 2.87 bits per heavy atom. The van der Waals surface area contributed by atoms with Crippen molar-refractivity contribution in [1.82, 2.24) is 0 Å². The van der Waals surface area contributed by atoms with Gasteiger partial charge in [-0.1, -0.05) is 12.1 Å². The van der Waals surface area contributed by atoms with Crippen LogP contribution in [-0.4, -0.2) is 26.1 Å². The van der Waals surface area contributed by atoms with E-state index in [2.05, 4.69) is 9.73 Å². The maximum atomic E-state index is 11.3. The number of ether oxygens (including phenoxy) is 2. The quantitative estimate of drug-likeness (QED) is 0.432. The Hall–Kier alpha value is -1.84. The molecule has 0 saturated heterocycles. The van der Waals surface area contributed by atoms with Gasteiger partial charge < -0.3 is 9.47 Å². The number of carbonyl (C=O) groups is 1. The zero-order valence-electron chi connectivity index (χ0n) is 8.77. The van der Waals surface area contributed by atoms with Gasteiger partial charge >= 0.3 is 5.97 Å². The van der Waals surface area contributed by atoms with E-state index < -0.39 is 5.97 Å². The smallest absolute Gasteiger partial charge is 0.340 e. The van der Waals surface area contributed by atoms with Crippen molar-refractivity contribution in [3.05, 3.63) is 29.8 Å². The first kappa shape index (κ1) is 11.2. The highest BCUT2D eigenvalue weighted by atomic mass is 16.5. The highest BCUT2D eigenvalue weighted by molar-refractivity contribution is 5.95. The van der Waals surface area contributed by atoms with Crippen LogP contribution in [0.25, 0.3) is 0 Å². The minimum Gasteiger partial charge on any atom is -0.483 e. The van der Waals surface area contributed by atoms with Gasteiger partial charge in [0, 0.05) is 0 Å². The number of nitrogens with zero attached hydrogens (tertiary/aromatic N) is 1. The first-order chi connectivity index (χ1) is 7.29. The Labute approximate surface area is 88.5 Å². The summed E-state index contributed by atoms with van der Waals surface area (Å²) >= 11 is 0. The Morgan fingerprint density at radius 1 is 1.47 bits per heavy atom. The Balaban J connectivity index is 2.91. The minimum absolute atomic E-state index is 0.403. The van der Waals surface area contributed by atoms with Crippen LogP contribution in [-0.2, 0) is 9.47 Å². The molecular formula is C11H13NO3. The van der Waals surface area contributed by atoms with E-state index in [9.17, 15) is 4.79 Å². The number of aliphatic imine (C=N–C) groups is 1. The Morgan fingerprint density at radius 2 is 2.20 bits per heavy atom. The van der Waals surface area contributed by atoms with Gasteiger partial charge in [0.05, 0.1) is 25.0 Å². The van der Waals surface area contributed by atoms with Crippen molar-refractivity contribution in [2.24, 2.45) is 4.99 Å². The third kappa shape index (κ3) is 3.09. The molecule has 0 heterocycles. The molecular weight excluding hydrogens is 194 g/mol. The highest BCUT2D eigenvalue weighted by Crippen LogP contribution is 2.18. The number of esters is 1. The molecule has 0 bridgehead atoms. The molecule has 4 heteroatoms. The van der Waals surface area contributed by atoms with E-state index in [4.69, 9.17) is 4.74 Å². The molecule has 4 nitrogen and oxygen atoms in total. The van der Waals surface area contributed by atoms with Gasteiger partial charge in [0.25, 0.3) is 0 Å². The maximum absolute atomic E-state index is 11.3. The lowest BCUT2D eigenvalue weighted by Gasteiger charge is -2.02. The Bertz CT molecular complexity index is 361. The third-order valence-corrected chi connectivity index (χ3v) is 1.74. The lowest BCUT2D eigenvalue weighted by Crippen LogP contribution is -2.01. The van der Waals surface area contributed by atoms with Gasteiger partial charge in [0.15, 0.2) is 6.40 Å². The summed E-state index contributed by atoms with van der Waals surface area (Å²) in [7, 11) is 1.34. The molecule has 0 N–H and O–H groups in total. The van der Waals surface area contributed by atoms with Crippen molar-refractivity contribution < 1.29 is 14.3 Å². The van der Waals surface area contributed by atoms with E-state index in [1.807, 2.05) is 6.92 Å². The topological polar surface area (TPSA) is 47.9 Å². The van der Waals surface area contributed by atoms with Crippen molar-refractivity contribution in [1.29, 1.82) is 0 Å². The number of para-hydroxylation sites is 1. The molecule has 0 spiro atoms. The molecule has 1 rings (SSSR count). The predicted octanol–water partition coefficient (Wildman–Crippen LogP) is 2.17. The molecule has 0 atom stereocenters. The van der Waals surface area contributed by atoms with Crippen molar-refractivity contribution >= 4 is 18.1 Å². The van der Waals surface area contributed by atoms with E-state index in [1.54, 1.807) is 24.3 Å². The van der Waals surface area contributed by atoms with Crippen LogP contribution in [0.5, 0.6) is 0 Å². The van der Waals surface area contributed by atoms with Crippen LogP contribution in [0.15, 0.2) is 29.3 Å². The first-order valence-corrected chi connectivity index (χ1v) is 4.61. The van der Waals surface area contributed by atoms with Gasteiger partial charge in [0.2, 0.25) is 0 Å². The fourth-order valence-electron chi connectivity index (χ4n) is 1.04. The van der Waals surface area contributed by atoms with Gasteiger partial charge in [-0.2, -0.15) is 0 Å². The van der Waals surface area contributed by atoms with Crippen LogP contribution < -0.4 is 0 Å². The second kappa shape index (κ2) is 5.80. The molecule has 0 saturated carbocycles. The Kier molecular flexibility index (Phi) is 4.34. The normalized spacial score (nSPS) is 10.3. The molecule has 0 fully saturated rings. The lowest BCUT2D eigenvalue weighted by atomic mass is 10.2. The molecule has 0 amide bonds. The van der Waals surface area contributed by atoms with E-state index in [0.29, 0.717) is 17.9 Å². The van der Waals surface area contributed by atoms with E-state index >= 15 is 0 Å². The molecule has 0 aliphatic heterocycles. The summed E-state index contributed by atoms with van der Waals surface area (Å²) in [5.74, 6) is -0.403. The van der Waals surface area contributed by atoms with E-state index in [0.717, 1.165) is 0 Å². The standard InChI is InChI=1S/C11H13NO3/c1-3-15-8-12-10-7-5-4-6-9(10)11(13)14-2/h4-8H,3H2,1-2H3. The molecule has 0 radical (unpaired) electrons. The molecule has 1 aromatic carbocycles. The van der Waals surface area contributed by atoms with Crippen molar-refractivity contribution in [3.63, 3.8) is 0 Å². The summed E-state index contributed by atoms with van der Waals surface area (Å²) in [5.41, 5.74) is 0.966. The molecule has 0 aliphatic carbocycles. The number of methoxy groups -OCH3 is 1. The lowest BCUT2D eigenvalue weighted by molar-refractivity contribution is 0.0602. The largest absolute Gasteiger partial charge is 0.483 e. The fraction of sp³-hybridized carbons (Fsp3) is 0.273. The van der Waals surface area contributed by atoms with Crippen molar-refractivity contribution in [3.8, 4) is 0 Å². The van der Waals surface area contributed by atoms with E-state index in [1.165, 1.54) is 13.5 Å².